The summed E-state index contributed by atoms with van der Waals surface area (Å²) in [6, 6.07) is 16.0. The Morgan fingerprint density at radius 3 is 2.67 bits per heavy atom. The summed E-state index contributed by atoms with van der Waals surface area (Å²) < 4.78 is 37.6. The highest BCUT2D eigenvalue weighted by molar-refractivity contribution is 7.91. The molecule has 4 rings (SSSR count). The second-order valence-electron chi connectivity index (χ2n) is 8.31. The van der Waals surface area contributed by atoms with Crippen molar-refractivity contribution in [1.82, 2.24) is 10.5 Å². The highest BCUT2D eigenvalue weighted by Crippen LogP contribution is 2.33. The molecule has 1 amide bonds. The van der Waals surface area contributed by atoms with Crippen molar-refractivity contribution in [1.29, 1.82) is 0 Å². The molecule has 1 aliphatic rings. The van der Waals surface area contributed by atoms with E-state index in [2.05, 4.69) is 4.98 Å². The van der Waals surface area contributed by atoms with Crippen LogP contribution in [0.4, 0.5) is 0 Å². The van der Waals surface area contributed by atoms with Crippen LogP contribution in [0.15, 0.2) is 59.5 Å². The Bertz CT molecular complexity index is 1250. The van der Waals surface area contributed by atoms with E-state index in [0.29, 0.717) is 31.8 Å². The van der Waals surface area contributed by atoms with Gasteiger partial charge in [0, 0.05) is 23.3 Å². The van der Waals surface area contributed by atoms with Crippen molar-refractivity contribution in [3.8, 4) is 5.75 Å². The number of hydrogen-bond donors (Lipinski definition) is 2. The number of nitrogens with zero attached hydrogens (tertiary/aromatic N) is 1. The average molecular weight is 471 g/mol. The molecule has 2 heterocycles. The van der Waals surface area contributed by atoms with Gasteiger partial charge in [-0.3, -0.25) is 15.0 Å². The molecule has 1 aromatic heterocycles. The third kappa shape index (κ3) is 5.32. The van der Waals surface area contributed by atoms with Crippen LogP contribution in [-0.2, 0) is 26.0 Å². The first kappa shape index (κ1) is 23.2. The lowest BCUT2D eigenvalue weighted by molar-refractivity contribution is -0.134. The number of pyridine rings is 1. The topological polar surface area (TPSA) is 115 Å². The number of hydroxylamine groups is 1. The summed E-state index contributed by atoms with van der Waals surface area (Å²) in [6.45, 7) is 2.63. The van der Waals surface area contributed by atoms with E-state index in [-0.39, 0.29) is 17.1 Å². The number of ether oxygens (including phenoxy) is 2. The van der Waals surface area contributed by atoms with Crippen LogP contribution in [0.25, 0.3) is 10.9 Å². The van der Waals surface area contributed by atoms with Crippen molar-refractivity contribution in [3.63, 3.8) is 0 Å². The summed E-state index contributed by atoms with van der Waals surface area (Å²) in [5.74, 6) is -0.468. The largest absolute Gasteiger partial charge is 0.489 e. The summed E-state index contributed by atoms with van der Waals surface area (Å²) in [6.07, 6.45) is 0.869. The van der Waals surface area contributed by atoms with E-state index in [1.165, 1.54) is 12.1 Å². The Hall–Kier alpha value is -3.01. The van der Waals surface area contributed by atoms with Gasteiger partial charge in [-0.1, -0.05) is 18.2 Å². The van der Waals surface area contributed by atoms with E-state index >= 15 is 0 Å². The minimum Gasteiger partial charge on any atom is -0.489 e. The fourth-order valence-electron chi connectivity index (χ4n) is 4.24. The van der Waals surface area contributed by atoms with Gasteiger partial charge in [-0.05, 0) is 56.2 Å². The van der Waals surface area contributed by atoms with E-state index in [4.69, 9.17) is 14.7 Å². The number of aromatic nitrogens is 1. The molecule has 0 bridgehead atoms. The maximum absolute atomic E-state index is 13.0. The predicted octanol–water partition coefficient (Wildman–Crippen LogP) is 3.34. The SMILES string of the molecule is Cc1cc(COc2ccc(S(=O)(=O)CC3(CC(=O)NO)CCCO3)cc2)c2ccccc2n1. The second-order valence-corrected chi connectivity index (χ2v) is 10.3. The average Bonchev–Trinajstić information content (AvgIpc) is 3.24. The van der Waals surface area contributed by atoms with E-state index in [0.717, 1.165) is 22.2 Å². The number of hydrogen-bond acceptors (Lipinski definition) is 7. The van der Waals surface area contributed by atoms with Crippen molar-refractivity contribution in [2.24, 2.45) is 0 Å². The maximum Gasteiger partial charge on any atom is 0.246 e. The van der Waals surface area contributed by atoms with Gasteiger partial charge in [-0.2, -0.15) is 0 Å². The Balaban J connectivity index is 1.47. The number of carbonyl (C=O) groups excluding carboxylic acids is 1. The molecule has 1 fully saturated rings. The highest BCUT2D eigenvalue weighted by Gasteiger charge is 2.42. The van der Waals surface area contributed by atoms with Gasteiger partial charge in [0.25, 0.3) is 0 Å². The highest BCUT2D eigenvalue weighted by atomic mass is 32.2. The van der Waals surface area contributed by atoms with E-state index in [9.17, 15) is 13.2 Å². The Labute approximate surface area is 192 Å². The number of rotatable bonds is 8. The molecule has 174 valence electrons. The van der Waals surface area contributed by atoms with Crippen LogP contribution in [0.3, 0.4) is 0 Å². The Kier molecular flexibility index (Phi) is 6.64. The van der Waals surface area contributed by atoms with Crippen LogP contribution in [0, 0.1) is 6.92 Å². The number of para-hydroxylation sites is 1. The van der Waals surface area contributed by atoms with Crippen molar-refractivity contribution in [3.05, 3.63) is 65.9 Å². The summed E-state index contributed by atoms with van der Waals surface area (Å²) in [5, 5.41) is 9.85. The van der Waals surface area contributed by atoms with Gasteiger partial charge in [-0.25, -0.2) is 13.9 Å². The van der Waals surface area contributed by atoms with Crippen LogP contribution in [0.2, 0.25) is 0 Å². The third-order valence-corrected chi connectivity index (χ3v) is 7.65. The molecule has 3 aromatic rings. The molecular weight excluding hydrogens is 444 g/mol. The molecule has 0 spiro atoms. The minimum absolute atomic E-state index is 0.124. The Morgan fingerprint density at radius 1 is 1.21 bits per heavy atom. The molecule has 0 aliphatic carbocycles. The number of nitrogens with one attached hydrogen (secondary N) is 1. The second kappa shape index (κ2) is 9.46. The fourth-order valence-corrected chi connectivity index (χ4v) is 5.98. The molecule has 0 radical (unpaired) electrons. The van der Waals surface area contributed by atoms with Gasteiger partial charge in [0.1, 0.15) is 12.4 Å². The van der Waals surface area contributed by atoms with Crippen LogP contribution in [0.5, 0.6) is 5.75 Å². The van der Waals surface area contributed by atoms with Gasteiger partial charge in [0.15, 0.2) is 9.84 Å². The van der Waals surface area contributed by atoms with E-state index in [1.807, 2.05) is 37.3 Å². The minimum atomic E-state index is -3.72. The lowest BCUT2D eigenvalue weighted by atomic mass is 9.98. The van der Waals surface area contributed by atoms with Crippen molar-refractivity contribution >= 4 is 26.6 Å². The summed E-state index contributed by atoms with van der Waals surface area (Å²) in [7, 11) is -3.72. The van der Waals surface area contributed by atoms with Crippen molar-refractivity contribution in [2.45, 2.75) is 43.3 Å². The monoisotopic (exact) mass is 470 g/mol. The van der Waals surface area contributed by atoms with Gasteiger partial charge >= 0.3 is 0 Å². The predicted molar refractivity (Wildman–Crippen MR) is 122 cm³/mol. The molecule has 2 N–H and O–H groups in total. The summed E-state index contributed by atoms with van der Waals surface area (Å²) in [4.78, 5) is 16.3. The van der Waals surface area contributed by atoms with Gasteiger partial charge < -0.3 is 9.47 Å². The molecule has 0 saturated carbocycles. The first-order chi connectivity index (χ1) is 15.8. The standard InChI is InChI=1S/C24H26N2O6S/c1-17-13-18(21-5-2-3-6-22(21)25-17)15-31-19-7-9-20(10-8-19)33(29,30)16-24(11-4-12-32-24)14-23(27)26-28/h2-3,5-10,13,28H,4,11-12,14-16H2,1H3,(H,26,27). The lowest BCUT2D eigenvalue weighted by Gasteiger charge is -2.27. The van der Waals surface area contributed by atoms with Gasteiger partial charge in [-0.15, -0.1) is 0 Å². The number of fused-ring (bicyclic) bond motifs is 1. The zero-order valence-electron chi connectivity index (χ0n) is 18.3. The van der Waals surface area contributed by atoms with Crippen molar-refractivity contribution in [2.75, 3.05) is 12.4 Å². The fraction of sp³-hybridized carbons (Fsp3) is 0.333. The van der Waals surface area contributed by atoms with Crippen LogP contribution in [0.1, 0.15) is 30.5 Å². The quantitative estimate of drug-likeness (QED) is 0.383. The zero-order chi connectivity index (χ0) is 23.5. The molecule has 1 unspecified atom stereocenters. The van der Waals surface area contributed by atoms with Crippen LogP contribution >= 0.6 is 0 Å². The molecular formula is C24H26N2O6S. The summed E-state index contributed by atoms with van der Waals surface area (Å²) in [5.41, 5.74) is 3.21. The first-order valence-corrected chi connectivity index (χ1v) is 12.3. The maximum atomic E-state index is 13.0. The van der Waals surface area contributed by atoms with E-state index in [1.54, 1.807) is 17.6 Å². The molecule has 1 atom stereocenters. The number of amides is 1. The van der Waals surface area contributed by atoms with Gasteiger partial charge in [0.2, 0.25) is 5.91 Å². The van der Waals surface area contributed by atoms with Crippen LogP contribution in [-0.4, -0.2) is 42.5 Å². The number of carbonyl (C=O) groups is 1. The number of aryl methyl sites for hydroxylation is 1. The molecule has 8 nitrogen and oxygen atoms in total. The lowest BCUT2D eigenvalue weighted by Crippen LogP contribution is -2.41. The number of benzene rings is 2. The zero-order valence-corrected chi connectivity index (χ0v) is 19.1. The molecule has 2 aromatic carbocycles. The van der Waals surface area contributed by atoms with Crippen LogP contribution < -0.4 is 10.2 Å². The molecule has 9 heteroatoms. The first-order valence-electron chi connectivity index (χ1n) is 10.7. The number of sulfone groups is 1. The normalized spacial score (nSPS) is 18.4. The summed E-state index contributed by atoms with van der Waals surface area (Å²) >= 11 is 0. The molecule has 1 saturated heterocycles. The van der Waals surface area contributed by atoms with E-state index < -0.39 is 21.3 Å². The van der Waals surface area contributed by atoms with Gasteiger partial charge in [0.05, 0.1) is 28.2 Å². The third-order valence-electron chi connectivity index (χ3n) is 5.75. The Morgan fingerprint density at radius 2 is 1.97 bits per heavy atom. The molecule has 1 aliphatic heterocycles. The molecule has 33 heavy (non-hydrogen) atoms. The van der Waals surface area contributed by atoms with Crippen molar-refractivity contribution < 1.29 is 27.9 Å². The smallest absolute Gasteiger partial charge is 0.246 e.